The second-order valence-corrected chi connectivity index (χ2v) is 11.4. The zero-order chi connectivity index (χ0) is 28.0. The Bertz CT molecular complexity index is 1270. The lowest BCUT2D eigenvalue weighted by molar-refractivity contribution is -0.133. The Morgan fingerprint density at radius 2 is 1.67 bits per heavy atom. The summed E-state index contributed by atoms with van der Waals surface area (Å²) in [5.41, 5.74) is 6.08. The number of nitrogens with zero attached hydrogens (tertiary/aromatic N) is 1. The van der Waals surface area contributed by atoms with Gasteiger partial charge in [0.05, 0.1) is 13.7 Å². The molecule has 0 radical (unpaired) electrons. The Morgan fingerprint density at radius 1 is 0.974 bits per heavy atom. The van der Waals surface area contributed by atoms with Crippen molar-refractivity contribution in [1.29, 1.82) is 0 Å². The van der Waals surface area contributed by atoms with Gasteiger partial charge < -0.3 is 20.3 Å². The van der Waals surface area contributed by atoms with Crippen LogP contribution in [0, 0.1) is 0 Å². The standard InChI is InChI=1S/C33H41N3O3/c1-23(37)34-21-32(38)36-18-17-30(29(22-36)25-9-7-6-8-10-25)35-20-27-19-26(13-16-31(27)39-5)24-11-14-28(15-12-24)33(2,3)4/h6-16,19,29-30,35H,17-18,20-22H2,1-5H3,(H,34,37). The Hall–Kier alpha value is -3.64. The van der Waals surface area contributed by atoms with E-state index in [9.17, 15) is 9.59 Å². The van der Waals surface area contributed by atoms with Crippen molar-refractivity contribution < 1.29 is 14.3 Å². The van der Waals surface area contributed by atoms with E-state index in [-0.39, 0.29) is 35.7 Å². The molecule has 2 unspecified atom stereocenters. The summed E-state index contributed by atoms with van der Waals surface area (Å²) in [5.74, 6) is 0.759. The van der Waals surface area contributed by atoms with Gasteiger partial charge in [-0.1, -0.05) is 81.4 Å². The molecule has 1 aliphatic rings. The van der Waals surface area contributed by atoms with Crippen LogP contribution < -0.4 is 15.4 Å². The number of ether oxygens (including phenoxy) is 1. The first-order valence-corrected chi connectivity index (χ1v) is 13.7. The minimum atomic E-state index is -0.194. The van der Waals surface area contributed by atoms with Crippen LogP contribution in [-0.2, 0) is 21.5 Å². The van der Waals surface area contributed by atoms with Crippen LogP contribution in [0.5, 0.6) is 5.75 Å². The fraction of sp³-hybridized carbons (Fsp3) is 0.394. The summed E-state index contributed by atoms with van der Waals surface area (Å²) >= 11 is 0. The Balaban J connectivity index is 1.51. The number of benzene rings is 3. The number of amides is 2. The average molecular weight is 528 g/mol. The quantitative estimate of drug-likeness (QED) is 0.419. The lowest BCUT2D eigenvalue weighted by Crippen LogP contribution is -2.51. The van der Waals surface area contributed by atoms with Gasteiger partial charge in [0.15, 0.2) is 0 Å². The van der Waals surface area contributed by atoms with Crippen molar-refractivity contribution in [1.82, 2.24) is 15.5 Å². The predicted octanol–water partition coefficient (Wildman–Crippen LogP) is 5.27. The number of rotatable bonds is 8. The number of hydrogen-bond acceptors (Lipinski definition) is 4. The van der Waals surface area contributed by atoms with E-state index in [1.165, 1.54) is 23.6 Å². The molecule has 0 spiro atoms. The number of likely N-dealkylation sites (tertiary alicyclic amines) is 1. The molecule has 3 aromatic carbocycles. The summed E-state index contributed by atoms with van der Waals surface area (Å²) in [6.07, 6.45) is 0.821. The van der Waals surface area contributed by atoms with Gasteiger partial charge in [-0.2, -0.15) is 0 Å². The highest BCUT2D eigenvalue weighted by Crippen LogP contribution is 2.31. The third-order valence-electron chi connectivity index (χ3n) is 7.60. The molecule has 4 rings (SSSR count). The second-order valence-electron chi connectivity index (χ2n) is 11.4. The van der Waals surface area contributed by atoms with Crippen molar-refractivity contribution in [2.75, 3.05) is 26.7 Å². The highest BCUT2D eigenvalue weighted by Gasteiger charge is 2.32. The lowest BCUT2D eigenvalue weighted by Gasteiger charge is -2.39. The van der Waals surface area contributed by atoms with E-state index in [1.54, 1.807) is 7.11 Å². The van der Waals surface area contributed by atoms with E-state index in [2.05, 4.69) is 79.9 Å². The van der Waals surface area contributed by atoms with Gasteiger partial charge in [0, 0.05) is 44.1 Å². The maximum Gasteiger partial charge on any atom is 0.241 e. The Morgan fingerprint density at radius 3 is 2.31 bits per heavy atom. The molecule has 206 valence electrons. The summed E-state index contributed by atoms with van der Waals surface area (Å²) < 4.78 is 5.72. The van der Waals surface area contributed by atoms with Gasteiger partial charge in [0.25, 0.3) is 0 Å². The van der Waals surface area contributed by atoms with E-state index >= 15 is 0 Å². The first kappa shape index (κ1) is 28.4. The smallest absolute Gasteiger partial charge is 0.241 e. The second kappa shape index (κ2) is 12.5. The number of carbonyl (C=O) groups excluding carboxylic acids is 2. The van der Waals surface area contributed by atoms with E-state index in [1.807, 2.05) is 29.2 Å². The predicted molar refractivity (Wildman–Crippen MR) is 157 cm³/mol. The number of piperidine rings is 1. The molecule has 2 N–H and O–H groups in total. The molecule has 6 nitrogen and oxygen atoms in total. The summed E-state index contributed by atoms with van der Waals surface area (Å²) in [5, 5.41) is 6.43. The molecular weight excluding hydrogens is 486 g/mol. The maximum atomic E-state index is 12.8. The Kier molecular flexibility index (Phi) is 9.08. The van der Waals surface area contributed by atoms with Crippen molar-refractivity contribution in [2.45, 2.75) is 58.0 Å². The third-order valence-corrected chi connectivity index (χ3v) is 7.60. The molecule has 3 aromatic rings. The highest BCUT2D eigenvalue weighted by atomic mass is 16.5. The van der Waals surface area contributed by atoms with E-state index in [4.69, 9.17) is 4.74 Å². The normalized spacial score (nSPS) is 17.5. The number of hydrogen-bond donors (Lipinski definition) is 2. The van der Waals surface area contributed by atoms with Gasteiger partial charge in [-0.05, 0) is 46.2 Å². The molecule has 0 aromatic heterocycles. The van der Waals surface area contributed by atoms with Crippen molar-refractivity contribution in [3.05, 3.63) is 89.5 Å². The van der Waals surface area contributed by atoms with Gasteiger partial charge in [-0.25, -0.2) is 0 Å². The third kappa shape index (κ3) is 7.27. The van der Waals surface area contributed by atoms with Crippen LogP contribution in [0.25, 0.3) is 11.1 Å². The Labute approximate surface area is 232 Å². The largest absolute Gasteiger partial charge is 0.496 e. The van der Waals surface area contributed by atoms with E-state index < -0.39 is 0 Å². The molecule has 0 aliphatic carbocycles. The summed E-state index contributed by atoms with van der Waals surface area (Å²) in [7, 11) is 1.71. The molecule has 0 saturated carbocycles. The minimum absolute atomic E-state index is 0.0374. The van der Waals surface area contributed by atoms with Crippen LogP contribution >= 0.6 is 0 Å². The van der Waals surface area contributed by atoms with Gasteiger partial charge in [-0.3, -0.25) is 9.59 Å². The number of methoxy groups -OCH3 is 1. The molecule has 0 bridgehead atoms. The summed E-state index contributed by atoms with van der Waals surface area (Å²) in [4.78, 5) is 25.9. The highest BCUT2D eigenvalue weighted by molar-refractivity contribution is 5.83. The molecule has 6 heteroatoms. The first-order chi connectivity index (χ1) is 18.7. The molecule has 1 fully saturated rings. The summed E-state index contributed by atoms with van der Waals surface area (Å²) in [6, 6.07) is 25.7. The van der Waals surface area contributed by atoms with E-state index in [0.29, 0.717) is 19.6 Å². The fourth-order valence-corrected chi connectivity index (χ4v) is 5.27. The van der Waals surface area contributed by atoms with Crippen molar-refractivity contribution >= 4 is 11.8 Å². The molecule has 1 heterocycles. The topological polar surface area (TPSA) is 70.7 Å². The fourth-order valence-electron chi connectivity index (χ4n) is 5.27. The molecule has 39 heavy (non-hydrogen) atoms. The van der Waals surface area contributed by atoms with Gasteiger partial charge in [-0.15, -0.1) is 0 Å². The molecular formula is C33H41N3O3. The SMILES string of the molecule is COc1ccc(-c2ccc(C(C)(C)C)cc2)cc1CNC1CCN(C(=O)CNC(C)=O)CC1c1ccccc1. The number of nitrogens with one attached hydrogen (secondary N) is 2. The van der Waals surface area contributed by atoms with Gasteiger partial charge in [0.1, 0.15) is 5.75 Å². The van der Waals surface area contributed by atoms with Crippen LogP contribution in [0.3, 0.4) is 0 Å². The van der Waals surface area contributed by atoms with Crippen molar-refractivity contribution in [2.24, 2.45) is 0 Å². The molecule has 1 saturated heterocycles. The van der Waals surface area contributed by atoms with Gasteiger partial charge >= 0.3 is 0 Å². The van der Waals surface area contributed by atoms with Crippen LogP contribution in [0.1, 0.15) is 56.7 Å². The van der Waals surface area contributed by atoms with Crippen LogP contribution in [0.2, 0.25) is 0 Å². The number of carbonyl (C=O) groups is 2. The van der Waals surface area contributed by atoms with Gasteiger partial charge in [0.2, 0.25) is 11.8 Å². The van der Waals surface area contributed by atoms with Crippen LogP contribution in [0.4, 0.5) is 0 Å². The average Bonchev–Trinajstić information content (AvgIpc) is 2.94. The zero-order valence-electron chi connectivity index (χ0n) is 23.8. The van der Waals surface area contributed by atoms with E-state index in [0.717, 1.165) is 23.3 Å². The monoisotopic (exact) mass is 527 g/mol. The lowest BCUT2D eigenvalue weighted by atomic mass is 9.85. The zero-order valence-corrected chi connectivity index (χ0v) is 23.8. The molecule has 2 amide bonds. The minimum Gasteiger partial charge on any atom is -0.496 e. The van der Waals surface area contributed by atoms with Crippen LogP contribution in [-0.4, -0.2) is 49.5 Å². The maximum absolute atomic E-state index is 12.8. The van der Waals surface area contributed by atoms with Crippen LogP contribution in [0.15, 0.2) is 72.8 Å². The van der Waals surface area contributed by atoms with Crippen molar-refractivity contribution in [3.8, 4) is 16.9 Å². The van der Waals surface area contributed by atoms with Crippen molar-refractivity contribution in [3.63, 3.8) is 0 Å². The molecule has 2 atom stereocenters. The molecule has 1 aliphatic heterocycles. The summed E-state index contributed by atoms with van der Waals surface area (Å²) in [6.45, 7) is 10.1. The first-order valence-electron chi connectivity index (χ1n) is 13.7.